The molecule has 0 saturated heterocycles. The SMILES string of the molecule is Cc1cc(NC(=O)C(C)(C)C)sc1C(=O)OCc1nccn1C(F)F. The fourth-order valence-electron chi connectivity index (χ4n) is 1.87. The van der Waals surface area contributed by atoms with E-state index in [-0.39, 0.29) is 18.3 Å². The number of ether oxygens (including phenoxy) is 1. The third kappa shape index (κ3) is 4.62. The van der Waals surface area contributed by atoms with Crippen LogP contribution in [-0.4, -0.2) is 21.4 Å². The number of nitrogens with zero attached hydrogens (tertiary/aromatic N) is 2. The maximum absolute atomic E-state index is 12.7. The summed E-state index contributed by atoms with van der Waals surface area (Å²) in [6.07, 6.45) is 2.33. The molecule has 0 radical (unpaired) electrons. The molecule has 0 spiro atoms. The van der Waals surface area contributed by atoms with Gasteiger partial charge in [0.25, 0.3) is 0 Å². The maximum atomic E-state index is 12.7. The summed E-state index contributed by atoms with van der Waals surface area (Å²) >= 11 is 1.08. The molecule has 0 bridgehead atoms. The van der Waals surface area contributed by atoms with Crippen LogP contribution in [0.2, 0.25) is 0 Å². The van der Waals surface area contributed by atoms with Crippen molar-refractivity contribution in [1.82, 2.24) is 9.55 Å². The number of alkyl halides is 2. The highest BCUT2D eigenvalue weighted by atomic mass is 32.1. The molecular weight excluding hydrogens is 352 g/mol. The number of thiophene rings is 1. The van der Waals surface area contributed by atoms with Crippen LogP contribution in [0.5, 0.6) is 0 Å². The molecule has 1 N–H and O–H groups in total. The first-order valence-electron chi connectivity index (χ1n) is 7.48. The van der Waals surface area contributed by atoms with Gasteiger partial charge in [-0.05, 0) is 18.6 Å². The molecule has 0 atom stereocenters. The van der Waals surface area contributed by atoms with Gasteiger partial charge in [0, 0.05) is 17.8 Å². The van der Waals surface area contributed by atoms with Crippen molar-refractivity contribution in [1.29, 1.82) is 0 Å². The van der Waals surface area contributed by atoms with E-state index in [1.807, 2.05) is 0 Å². The lowest BCUT2D eigenvalue weighted by molar-refractivity contribution is -0.123. The predicted molar refractivity (Wildman–Crippen MR) is 89.7 cm³/mol. The third-order valence-electron chi connectivity index (χ3n) is 3.31. The number of imidazole rings is 1. The number of hydrogen-bond acceptors (Lipinski definition) is 5. The van der Waals surface area contributed by atoms with Gasteiger partial charge in [-0.15, -0.1) is 11.3 Å². The standard InChI is InChI=1S/C16H19F2N3O3S/c1-9-7-11(20-14(23)16(2,3)4)25-12(9)13(22)24-8-10-19-5-6-21(10)15(17)18/h5-7,15H,8H2,1-4H3,(H,20,23). The number of carbonyl (C=O) groups is 2. The topological polar surface area (TPSA) is 73.2 Å². The molecule has 136 valence electrons. The van der Waals surface area contributed by atoms with Gasteiger partial charge in [-0.2, -0.15) is 8.78 Å². The fourth-order valence-corrected chi connectivity index (χ4v) is 2.84. The smallest absolute Gasteiger partial charge is 0.349 e. The first-order chi connectivity index (χ1) is 11.6. The van der Waals surface area contributed by atoms with E-state index < -0.39 is 17.9 Å². The lowest BCUT2D eigenvalue weighted by Crippen LogP contribution is -2.27. The number of nitrogens with one attached hydrogen (secondary N) is 1. The zero-order valence-corrected chi connectivity index (χ0v) is 15.1. The van der Waals surface area contributed by atoms with E-state index in [0.29, 0.717) is 20.0 Å². The number of aromatic nitrogens is 2. The zero-order chi connectivity index (χ0) is 18.8. The lowest BCUT2D eigenvalue weighted by Gasteiger charge is -2.16. The van der Waals surface area contributed by atoms with E-state index in [1.54, 1.807) is 33.8 Å². The molecule has 0 aliphatic rings. The molecule has 25 heavy (non-hydrogen) atoms. The molecule has 0 fully saturated rings. The van der Waals surface area contributed by atoms with Crippen LogP contribution >= 0.6 is 11.3 Å². The molecule has 2 heterocycles. The number of anilines is 1. The molecule has 1 amide bonds. The summed E-state index contributed by atoms with van der Waals surface area (Å²) in [5.41, 5.74) is 0.0710. The lowest BCUT2D eigenvalue weighted by atomic mass is 9.96. The van der Waals surface area contributed by atoms with Gasteiger partial charge in [-0.25, -0.2) is 9.78 Å². The van der Waals surface area contributed by atoms with E-state index in [1.165, 1.54) is 6.20 Å². The van der Waals surface area contributed by atoms with E-state index in [9.17, 15) is 18.4 Å². The predicted octanol–water partition coefficient (Wildman–Crippen LogP) is 3.99. The van der Waals surface area contributed by atoms with Gasteiger partial charge in [0.1, 0.15) is 11.5 Å². The average molecular weight is 371 g/mol. The Hall–Kier alpha value is -2.29. The second-order valence-corrected chi connectivity index (χ2v) is 7.48. The summed E-state index contributed by atoms with van der Waals surface area (Å²) < 4.78 is 31.2. The Labute approximate surface area is 147 Å². The zero-order valence-electron chi connectivity index (χ0n) is 14.3. The minimum Gasteiger partial charge on any atom is -0.453 e. The quantitative estimate of drug-likeness (QED) is 0.807. The molecule has 0 aliphatic carbocycles. The highest BCUT2D eigenvalue weighted by molar-refractivity contribution is 7.18. The van der Waals surface area contributed by atoms with Gasteiger partial charge in [-0.1, -0.05) is 20.8 Å². The molecule has 6 nitrogen and oxygen atoms in total. The Balaban J connectivity index is 2.05. The van der Waals surface area contributed by atoms with Gasteiger partial charge in [0.05, 0.1) is 5.00 Å². The van der Waals surface area contributed by atoms with Crippen LogP contribution in [0.3, 0.4) is 0 Å². The van der Waals surface area contributed by atoms with Gasteiger partial charge >= 0.3 is 12.5 Å². The van der Waals surface area contributed by atoms with Crippen molar-refractivity contribution < 1.29 is 23.1 Å². The summed E-state index contributed by atoms with van der Waals surface area (Å²) in [4.78, 5) is 28.2. The largest absolute Gasteiger partial charge is 0.453 e. The van der Waals surface area contributed by atoms with Crippen molar-refractivity contribution in [2.45, 2.75) is 40.9 Å². The van der Waals surface area contributed by atoms with E-state index >= 15 is 0 Å². The number of amides is 1. The number of carbonyl (C=O) groups excluding carboxylic acids is 2. The average Bonchev–Trinajstić information content (AvgIpc) is 3.10. The van der Waals surface area contributed by atoms with Crippen molar-refractivity contribution in [3.05, 3.63) is 34.7 Å². The minimum absolute atomic E-state index is 0.0428. The fraction of sp³-hybridized carbons (Fsp3) is 0.438. The van der Waals surface area contributed by atoms with Gasteiger partial charge in [0.2, 0.25) is 5.91 Å². The van der Waals surface area contributed by atoms with Crippen molar-refractivity contribution >= 4 is 28.2 Å². The van der Waals surface area contributed by atoms with Crippen molar-refractivity contribution in [3.63, 3.8) is 0 Å². The van der Waals surface area contributed by atoms with Gasteiger partial charge in [-0.3, -0.25) is 9.36 Å². The molecule has 0 aromatic carbocycles. The van der Waals surface area contributed by atoms with E-state index in [0.717, 1.165) is 17.5 Å². The van der Waals surface area contributed by atoms with Crippen molar-refractivity contribution in [3.8, 4) is 0 Å². The normalized spacial score (nSPS) is 11.6. The molecule has 0 saturated carbocycles. The second kappa shape index (κ2) is 7.30. The van der Waals surface area contributed by atoms with Gasteiger partial charge in [0.15, 0.2) is 5.82 Å². The summed E-state index contributed by atoms with van der Waals surface area (Å²) in [7, 11) is 0. The number of halogens is 2. The minimum atomic E-state index is -2.75. The highest BCUT2D eigenvalue weighted by Gasteiger charge is 2.23. The van der Waals surface area contributed by atoms with Crippen LogP contribution in [0.25, 0.3) is 0 Å². The molecule has 2 aromatic heterocycles. The number of aryl methyl sites for hydroxylation is 1. The Morgan fingerprint density at radius 2 is 2.08 bits per heavy atom. The third-order valence-corrected chi connectivity index (χ3v) is 4.45. The summed E-state index contributed by atoms with van der Waals surface area (Å²) in [5.74, 6) is -0.867. The summed E-state index contributed by atoms with van der Waals surface area (Å²) in [6.45, 7) is 3.94. The Morgan fingerprint density at radius 1 is 1.40 bits per heavy atom. The highest BCUT2D eigenvalue weighted by Crippen LogP contribution is 2.29. The molecular formula is C16H19F2N3O3S. The molecule has 0 unspecified atom stereocenters. The van der Waals surface area contributed by atoms with Crippen LogP contribution < -0.4 is 5.32 Å². The van der Waals surface area contributed by atoms with Gasteiger partial charge < -0.3 is 10.1 Å². The number of rotatable bonds is 5. The van der Waals surface area contributed by atoms with E-state index in [2.05, 4.69) is 10.3 Å². The summed E-state index contributed by atoms with van der Waals surface area (Å²) in [5, 5.41) is 3.27. The first kappa shape index (κ1) is 19.0. The number of esters is 1. The molecule has 2 rings (SSSR count). The van der Waals surface area contributed by atoms with E-state index in [4.69, 9.17) is 4.74 Å². The first-order valence-corrected chi connectivity index (χ1v) is 8.30. The monoisotopic (exact) mass is 371 g/mol. The Bertz CT molecular complexity index is 778. The Morgan fingerprint density at radius 3 is 2.68 bits per heavy atom. The summed E-state index contributed by atoms with van der Waals surface area (Å²) in [6, 6.07) is 1.67. The molecule has 2 aromatic rings. The Kier molecular flexibility index (Phi) is 5.56. The van der Waals surface area contributed by atoms with Crippen LogP contribution in [0.1, 0.15) is 48.4 Å². The van der Waals surface area contributed by atoms with Crippen molar-refractivity contribution in [2.75, 3.05) is 5.32 Å². The molecule has 9 heteroatoms. The maximum Gasteiger partial charge on any atom is 0.349 e. The molecule has 0 aliphatic heterocycles. The van der Waals surface area contributed by atoms with Crippen LogP contribution in [0, 0.1) is 12.3 Å². The van der Waals surface area contributed by atoms with Crippen LogP contribution in [0.4, 0.5) is 13.8 Å². The number of hydrogen-bond donors (Lipinski definition) is 1. The second-order valence-electron chi connectivity index (χ2n) is 6.43. The van der Waals surface area contributed by atoms with Crippen LogP contribution in [-0.2, 0) is 16.1 Å². The van der Waals surface area contributed by atoms with Crippen molar-refractivity contribution in [2.24, 2.45) is 5.41 Å². The van der Waals surface area contributed by atoms with Crippen LogP contribution in [0.15, 0.2) is 18.5 Å².